The van der Waals surface area contributed by atoms with Gasteiger partial charge < -0.3 is 9.57 Å². The minimum absolute atomic E-state index is 0.0703. The molecule has 0 unspecified atom stereocenters. The lowest BCUT2D eigenvalue weighted by Crippen LogP contribution is -2.17. The van der Waals surface area contributed by atoms with Crippen molar-refractivity contribution in [1.82, 2.24) is 0 Å². The summed E-state index contributed by atoms with van der Waals surface area (Å²) in [5.41, 5.74) is 1.07. The number of ether oxygens (including phenoxy) is 1. The summed E-state index contributed by atoms with van der Waals surface area (Å²) in [4.78, 5) is 28.2. The summed E-state index contributed by atoms with van der Waals surface area (Å²) in [7, 11) is 1.55. The van der Waals surface area contributed by atoms with E-state index in [1.807, 2.05) is 6.07 Å². The van der Waals surface area contributed by atoms with E-state index >= 15 is 0 Å². The number of carbonyl (C=O) groups is 2. The lowest BCUT2D eigenvalue weighted by atomic mass is 10.0. The van der Waals surface area contributed by atoms with Crippen LogP contribution >= 0.6 is 0 Å². The van der Waals surface area contributed by atoms with Gasteiger partial charge in [0.25, 0.3) is 0 Å². The lowest BCUT2D eigenvalue weighted by molar-refractivity contribution is -0.140. The standard InChI is InChI=1S/C17H15NO4/c1-12(19)22-18-16(13-6-4-3-5-7-13)17(20)14-8-10-15(21-2)11-9-14/h3-11H,1-2H3. The van der Waals surface area contributed by atoms with Crippen LogP contribution in [0.25, 0.3) is 0 Å². The SMILES string of the molecule is COc1ccc(C(=O)C(=NOC(C)=O)c2ccccc2)cc1. The Hall–Kier alpha value is -2.95. The summed E-state index contributed by atoms with van der Waals surface area (Å²) >= 11 is 0. The van der Waals surface area contributed by atoms with Gasteiger partial charge in [0.2, 0.25) is 5.78 Å². The predicted molar refractivity (Wildman–Crippen MR) is 82.1 cm³/mol. The van der Waals surface area contributed by atoms with E-state index in [1.165, 1.54) is 6.92 Å². The van der Waals surface area contributed by atoms with Crippen LogP contribution in [0.15, 0.2) is 59.8 Å². The van der Waals surface area contributed by atoms with E-state index in [0.29, 0.717) is 16.9 Å². The van der Waals surface area contributed by atoms with Crippen LogP contribution in [-0.4, -0.2) is 24.6 Å². The molecule has 0 fully saturated rings. The molecule has 2 aromatic carbocycles. The molecule has 0 saturated carbocycles. The van der Waals surface area contributed by atoms with Gasteiger partial charge in [-0.2, -0.15) is 0 Å². The van der Waals surface area contributed by atoms with Gasteiger partial charge in [-0.25, -0.2) is 4.79 Å². The maximum Gasteiger partial charge on any atom is 0.332 e. The average Bonchev–Trinajstić information content (AvgIpc) is 2.55. The Morgan fingerprint density at radius 2 is 1.55 bits per heavy atom. The van der Waals surface area contributed by atoms with Gasteiger partial charge in [-0.1, -0.05) is 35.5 Å². The highest BCUT2D eigenvalue weighted by Gasteiger charge is 2.17. The largest absolute Gasteiger partial charge is 0.497 e. The number of methoxy groups -OCH3 is 1. The first-order valence-electron chi connectivity index (χ1n) is 6.61. The van der Waals surface area contributed by atoms with Crippen LogP contribution in [0.5, 0.6) is 5.75 Å². The zero-order valence-corrected chi connectivity index (χ0v) is 12.3. The molecule has 5 nitrogen and oxygen atoms in total. The maximum absolute atomic E-state index is 12.6. The second-order valence-corrected chi connectivity index (χ2v) is 4.45. The molecule has 0 bridgehead atoms. The molecule has 0 aliphatic rings. The van der Waals surface area contributed by atoms with Gasteiger partial charge in [-0.05, 0) is 24.3 Å². The Morgan fingerprint density at radius 3 is 2.09 bits per heavy atom. The predicted octanol–water partition coefficient (Wildman–Crippen LogP) is 2.85. The van der Waals surface area contributed by atoms with E-state index in [2.05, 4.69) is 9.99 Å². The van der Waals surface area contributed by atoms with E-state index < -0.39 is 5.97 Å². The van der Waals surface area contributed by atoms with Gasteiger partial charge in [0.1, 0.15) is 5.75 Å². The first kappa shape index (κ1) is 15.4. The van der Waals surface area contributed by atoms with Crippen molar-refractivity contribution in [2.75, 3.05) is 7.11 Å². The van der Waals surface area contributed by atoms with Crippen LogP contribution in [0.4, 0.5) is 0 Å². The molecule has 0 aliphatic heterocycles. The molecule has 0 spiro atoms. The zero-order chi connectivity index (χ0) is 15.9. The fourth-order valence-corrected chi connectivity index (χ4v) is 1.81. The monoisotopic (exact) mass is 297 g/mol. The van der Waals surface area contributed by atoms with Gasteiger partial charge in [0.05, 0.1) is 7.11 Å². The molecule has 112 valence electrons. The number of hydrogen-bond acceptors (Lipinski definition) is 5. The Balaban J connectivity index is 2.37. The number of rotatable bonds is 5. The molecule has 0 aliphatic carbocycles. The fraction of sp³-hybridized carbons (Fsp3) is 0.118. The Morgan fingerprint density at radius 1 is 0.909 bits per heavy atom. The van der Waals surface area contributed by atoms with Gasteiger partial charge >= 0.3 is 5.97 Å². The highest BCUT2D eigenvalue weighted by Crippen LogP contribution is 2.14. The van der Waals surface area contributed by atoms with Gasteiger partial charge in [-0.15, -0.1) is 0 Å². The number of hydrogen-bond donors (Lipinski definition) is 0. The normalized spacial score (nSPS) is 10.9. The molecular formula is C17H15NO4. The lowest BCUT2D eigenvalue weighted by Gasteiger charge is -2.06. The van der Waals surface area contributed by atoms with Crippen molar-refractivity contribution in [2.45, 2.75) is 6.92 Å². The quantitative estimate of drug-likeness (QED) is 0.368. The minimum atomic E-state index is -0.587. The Labute approximate surface area is 128 Å². The van der Waals surface area contributed by atoms with Crippen LogP contribution < -0.4 is 4.74 Å². The fourth-order valence-electron chi connectivity index (χ4n) is 1.81. The maximum atomic E-state index is 12.6. The van der Waals surface area contributed by atoms with E-state index in [0.717, 1.165) is 0 Å². The first-order chi connectivity index (χ1) is 10.6. The highest BCUT2D eigenvalue weighted by molar-refractivity contribution is 6.51. The summed E-state index contributed by atoms with van der Waals surface area (Å²) < 4.78 is 5.06. The van der Waals surface area contributed by atoms with Gasteiger partial charge in [0.15, 0.2) is 5.71 Å². The van der Waals surface area contributed by atoms with Crippen LogP contribution in [0, 0.1) is 0 Å². The van der Waals surface area contributed by atoms with E-state index in [-0.39, 0.29) is 11.5 Å². The third-order valence-electron chi connectivity index (χ3n) is 2.88. The molecule has 2 aromatic rings. The third kappa shape index (κ3) is 3.79. The average molecular weight is 297 g/mol. The van der Waals surface area contributed by atoms with Crippen LogP contribution in [-0.2, 0) is 9.63 Å². The minimum Gasteiger partial charge on any atom is -0.497 e. The second-order valence-electron chi connectivity index (χ2n) is 4.45. The summed E-state index contributed by atoms with van der Waals surface area (Å²) in [5, 5.41) is 3.70. The number of ketones is 1. The number of benzene rings is 2. The summed E-state index contributed by atoms with van der Waals surface area (Å²) in [6.07, 6.45) is 0. The summed E-state index contributed by atoms with van der Waals surface area (Å²) in [5.74, 6) is -0.277. The van der Waals surface area contributed by atoms with Crippen LogP contribution in [0.2, 0.25) is 0 Å². The Bertz CT molecular complexity index is 690. The molecule has 22 heavy (non-hydrogen) atoms. The van der Waals surface area contributed by atoms with Crippen molar-refractivity contribution in [1.29, 1.82) is 0 Å². The second kappa shape index (κ2) is 7.17. The third-order valence-corrected chi connectivity index (χ3v) is 2.88. The van der Waals surface area contributed by atoms with E-state index in [1.54, 1.807) is 55.6 Å². The Kier molecular flexibility index (Phi) is 5.03. The molecule has 0 amide bonds. The van der Waals surface area contributed by atoms with Gasteiger partial charge in [0, 0.05) is 18.1 Å². The zero-order valence-electron chi connectivity index (χ0n) is 12.3. The van der Waals surface area contributed by atoms with Crippen molar-refractivity contribution < 1.29 is 19.2 Å². The molecule has 0 N–H and O–H groups in total. The first-order valence-corrected chi connectivity index (χ1v) is 6.61. The highest BCUT2D eigenvalue weighted by atomic mass is 16.7. The molecule has 0 atom stereocenters. The van der Waals surface area contributed by atoms with Gasteiger partial charge in [-0.3, -0.25) is 4.79 Å². The molecule has 0 radical (unpaired) electrons. The van der Waals surface area contributed by atoms with Crippen LogP contribution in [0.3, 0.4) is 0 Å². The number of Topliss-reactive ketones (excluding diaryl/α,β-unsaturated/α-hetero) is 1. The molecule has 0 saturated heterocycles. The number of nitrogens with zero attached hydrogens (tertiary/aromatic N) is 1. The number of oxime groups is 1. The van der Waals surface area contributed by atoms with Crippen molar-refractivity contribution in [3.63, 3.8) is 0 Å². The van der Waals surface area contributed by atoms with Crippen molar-refractivity contribution >= 4 is 17.5 Å². The molecule has 2 rings (SSSR count). The van der Waals surface area contributed by atoms with Crippen LogP contribution in [0.1, 0.15) is 22.8 Å². The summed E-state index contributed by atoms with van der Waals surface area (Å²) in [6, 6.07) is 15.5. The molecular weight excluding hydrogens is 282 g/mol. The van der Waals surface area contributed by atoms with Crippen molar-refractivity contribution in [2.24, 2.45) is 5.16 Å². The van der Waals surface area contributed by atoms with Crippen molar-refractivity contribution in [3.8, 4) is 5.75 Å². The molecule has 0 aromatic heterocycles. The number of carbonyl (C=O) groups excluding carboxylic acids is 2. The topological polar surface area (TPSA) is 65.0 Å². The summed E-state index contributed by atoms with van der Waals surface area (Å²) in [6.45, 7) is 1.23. The smallest absolute Gasteiger partial charge is 0.332 e. The molecule has 0 heterocycles. The van der Waals surface area contributed by atoms with E-state index in [4.69, 9.17) is 4.74 Å². The van der Waals surface area contributed by atoms with Crippen molar-refractivity contribution in [3.05, 3.63) is 65.7 Å². The van der Waals surface area contributed by atoms with E-state index in [9.17, 15) is 9.59 Å². The molecule has 5 heteroatoms.